The molecule has 1 unspecified atom stereocenters. The van der Waals surface area contributed by atoms with E-state index >= 15 is 0 Å². The van der Waals surface area contributed by atoms with Gasteiger partial charge in [-0.05, 0) is 31.2 Å². The van der Waals surface area contributed by atoms with Crippen LogP contribution in [-0.4, -0.2) is 53.8 Å². The molecule has 1 aliphatic carbocycles. The van der Waals surface area contributed by atoms with E-state index in [0.717, 1.165) is 6.54 Å². The van der Waals surface area contributed by atoms with E-state index in [1.165, 1.54) is 18.4 Å². The Kier molecular flexibility index (Phi) is 4.96. The SMILES string of the molecule is CC(C1CC1)N(CC(=O)N1CCNC(=O)C1)Cc1ccccc1. The molecule has 1 aromatic carbocycles. The molecule has 1 saturated carbocycles. The number of nitrogens with zero attached hydrogens (tertiary/aromatic N) is 2. The summed E-state index contributed by atoms with van der Waals surface area (Å²) < 4.78 is 0. The van der Waals surface area contributed by atoms with Crippen LogP contribution in [0.2, 0.25) is 0 Å². The van der Waals surface area contributed by atoms with Crippen LogP contribution in [0.4, 0.5) is 0 Å². The second-order valence-electron chi connectivity index (χ2n) is 6.63. The molecule has 0 spiro atoms. The molecule has 2 amide bonds. The third-order valence-corrected chi connectivity index (χ3v) is 4.84. The Morgan fingerprint density at radius 3 is 2.74 bits per heavy atom. The van der Waals surface area contributed by atoms with E-state index in [9.17, 15) is 9.59 Å². The lowest BCUT2D eigenvalue weighted by Gasteiger charge is -2.33. The summed E-state index contributed by atoms with van der Waals surface area (Å²) >= 11 is 0. The third-order valence-electron chi connectivity index (χ3n) is 4.84. The van der Waals surface area contributed by atoms with Gasteiger partial charge in [-0.2, -0.15) is 0 Å². The summed E-state index contributed by atoms with van der Waals surface area (Å²) in [6, 6.07) is 10.7. The molecule has 0 bridgehead atoms. The van der Waals surface area contributed by atoms with Crippen molar-refractivity contribution in [3.8, 4) is 0 Å². The zero-order valence-electron chi connectivity index (χ0n) is 13.7. The van der Waals surface area contributed by atoms with E-state index in [-0.39, 0.29) is 18.4 Å². The minimum Gasteiger partial charge on any atom is -0.353 e. The molecule has 2 fully saturated rings. The van der Waals surface area contributed by atoms with Crippen molar-refractivity contribution in [1.29, 1.82) is 0 Å². The smallest absolute Gasteiger partial charge is 0.239 e. The van der Waals surface area contributed by atoms with Gasteiger partial charge in [-0.1, -0.05) is 30.3 Å². The Labute approximate surface area is 137 Å². The van der Waals surface area contributed by atoms with Gasteiger partial charge in [-0.25, -0.2) is 0 Å². The number of hydrogen-bond donors (Lipinski definition) is 1. The van der Waals surface area contributed by atoms with Crippen LogP contribution in [-0.2, 0) is 16.1 Å². The highest BCUT2D eigenvalue weighted by atomic mass is 16.2. The molecule has 1 saturated heterocycles. The zero-order chi connectivity index (χ0) is 16.2. The van der Waals surface area contributed by atoms with Crippen molar-refractivity contribution < 1.29 is 9.59 Å². The fraction of sp³-hybridized carbons (Fsp3) is 0.556. The van der Waals surface area contributed by atoms with Gasteiger partial charge in [0.2, 0.25) is 11.8 Å². The van der Waals surface area contributed by atoms with Gasteiger partial charge in [0.25, 0.3) is 0 Å². The van der Waals surface area contributed by atoms with Crippen molar-refractivity contribution in [1.82, 2.24) is 15.1 Å². The number of piperazine rings is 1. The predicted octanol–water partition coefficient (Wildman–Crippen LogP) is 1.25. The summed E-state index contributed by atoms with van der Waals surface area (Å²) in [6.45, 7) is 4.75. The molecule has 23 heavy (non-hydrogen) atoms. The van der Waals surface area contributed by atoms with Crippen LogP contribution in [0.5, 0.6) is 0 Å². The van der Waals surface area contributed by atoms with Crippen LogP contribution in [0.3, 0.4) is 0 Å². The van der Waals surface area contributed by atoms with E-state index in [4.69, 9.17) is 0 Å². The Morgan fingerprint density at radius 2 is 2.09 bits per heavy atom. The second-order valence-corrected chi connectivity index (χ2v) is 6.63. The Bertz CT molecular complexity index is 557. The van der Waals surface area contributed by atoms with Gasteiger partial charge in [0.05, 0.1) is 13.1 Å². The van der Waals surface area contributed by atoms with Crippen molar-refractivity contribution in [3.63, 3.8) is 0 Å². The number of hydrogen-bond acceptors (Lipinski definition) is 3. The molecule has 3 rings (SSSR count). The van der Waals surface area contributed by atoms with E-state index in [1.807, 2.05) is 18.2 Å². The van der Waals surface area contributed by atoms with Crippen molar-refractivity contribution in [2.45, 2.75) is 32.4 Å². The fourth-order valence-corrected chi connectivity index (χ4v) is 3.16. The maximum atomic E-state index is 12.6. The topological polar surface area (TPSA) is 52.7 Å². The first-order valence-electron chi connectivity index (χ1n) is 8.46. The summed E-state index contributed by atoms with van der Waals surface area (Å²) in [5.41, 5.74) is 1.23. The molecule has 0 aromatic heterocycles. The molecule has 124 valence electrons. The lowest BCUT2D eigenvalue weighted by atomic mass is 10.1. The van der Waals surface area contributed by atoms with Crippen molar-refractivity contribution in [2.75, 3.05) is 26.2 Å². The third kappa shape index (κ3) is 4.32. The van der Waals surface area contributed by atoms with Crippen LogP contribution in [0.1, 0.15) is 25.3 Å². The number of benzene rings is 1. The van der Waals surface area contributed by atoms with Crippen molar-refractivity contribution >= 4 is 11.8 Å². The van der Waals surface area contributed by atoms with Gasteiger partial charge in [0.1, 0.15) is 0 Å². The van der Waals surface area contributed by atoms with Gasteiger partial charge in [-0.3, -0.25) is 14.5 Å². The molecular formula is C18H25N3O2. The van der Waals surface area contributed by atoms with Gasteiger partial charge in [-0.15, -0.1) is 0 Å². The summed E-state index contributed by atoms with van der Waals surface area (Å²) in [7, 11) is 0. The second kappa shape index (κ2) is 7.13. The van der Waals surface area contributed by atoms with Gasteiger partial charge in [0, 0.05) is 25.7 Å². The van der Waals surface area contributed by atoms with E-state index < -0.39 is 0 Å². The molecular weight excluding hydrogens is 290 g/mol. The molecule has 1 aromatic rings. The number of carbonyl (C=O) groups is 2. The van der Waals surface area contributed by atoms with Crippen LogP contribution < -0.4 is 5.32 Å². The first kappa shape index (κ1) is 16.0. The summed E-state index contributed by atoms with van der Waals surface area (Å²) in [6.07, 6.45) is 2.51. The first-order chi connectivity index (χ1) is 11.1. The number of amides is 2. The summed E-state index contributed by atoms with van der Waals surface area (Å²) in [5.74, 6) is 0.703. The molecule has 5 nitrogen and oxygen atoms in total. The van der Waals surface area contributed by atoms with Crippen LogP contribution >= 0.6 is 0 Å². The van der Waals surface area contributed by atoms with E-state index in [0.29, 0.717) is 31.6 Å². The minimum atomic E-state index is -0.0607. The standard InChI is InChI=1S/C18H25N3O2/c1-14(16-7-8-16)21(11-15-5-3-2-4-6-15)13-18(23)20-10-9-19-17(22)12-20/h2-6,14,16H,7-13H2,1H3,(H,19,22). The number of nitrogens with one attached hydrogen (secondary N) is 1. The van der Waals surface area contributed by atoms with Crippen molar-refractivity contribution in [2.24, 2.45) is 5.92 Å². The molecule has 2 aliphatic rings. The molecule has 1 N–H and O–H groups in total. The van der Waals surface area contributed by atoms with Crippen LogP contribution in [0.25, 0.3) is 0 Å². The van der Waals surface area contributed by atoms with Crippen LogP contribution in [0.15, 0.2) is 30.3 Å². The highest BCUT2D eigenvalue weighted by Gasteiger charge is 2.33. The minimum absolute atomic E-state index is 0.0586. The molecule has 1 atom stereocenters. The van der Waals surface area contributed by atoms with Gasteiger partial charge in [0.15, 0.2) is 0 Å². The van der Waals surface area contributed by atoms with Crippen LogP contribution in [0, 0.1) is 5.92 Å². The highest BCUT2D eigenvalue weighted by molar-refractivity contribution is 5.86. The Morgan fingerprint density at radius 1 is 1.35 bits per heavy atom. The normalized spacial score (nSPS) is 19.6. The van der Waals surface area contributed by atoms with E-state index in [1.54, 1.807) is 4.90 Å². The lowest BCUT2D eigenvalue weighted by molar-refractivity contribution is -0.139. The molecule has 1 aliphatic heterocycles. The van der Waals surface area contributed by atoms with Gasteiger partial charge >= 0.3 is 0 Å². The highest BCUT2D eigenvalue weighted by Crippen LogP contribution is 2.35. The van der Waals surface area contributed by atoms with E-state index in [2.05, 4.69) is 29.3 Å². The predicted molar refractivity (Wildman–Crippen MR) is 88.6 cm³/mol. The molecule has 1 heterocycles. The first-order valence-corrected chi connectivity index (χ1v) is 8.46. The maximum absolute atomic E-state index is 12.6. The Balaban J connectivity index is 1.65. The lowest BCUT2D eigenvalue weighted by Crippen LogP contribution is -2.53. The quantitative estimate of drug-likeness (QED) is 0.859. The average molecular weight is 315 g/mol. The van der Waals surface area contributed by atoms with Crippen molar-refractivity contribution in [3.05, 3.63) is 35.9 Å². The van der Waals surface area contributed by atoms with Gasteiger partial charge < -0.3 is 10.2 Å². The fourth-order valence-electron chi connectivity index (χ4n) is 3.16. The average Bonchev–Trinajstić information content (AvgIpc) is 3.39. The largest absolute Gasteiger partial charge is 0.353 e. The molecule has 5 heteroatoms. The summed E-state index contributed by atoms with van der Waals surface area (Å²) in [5, 5.41) is 2.76. The number of rotatable bonds is 6. The summed E-state index contributed by atoms with van der Waals surface area (Å²) in [4.78, 5) is 28.0. The monoisotopic (exact) mass is 315 g/mol. The number of carbonyl (C=O) groups excluding carboxylic acids is 2. The molecule has 0 radical (unpaired) electrons. The maximum Gasteiger partial charge on any atom is 0.239 e. The zero-order valence-corrected chi connectivity index (χ0v) is 13.7. The Hall–Kier alpha value is -1.88.